The Labute approximate surface area is 422 Å². The summed E-state index contributed by atoms with van der Waals surface area (Å²) in [5.41, 5.74) is 52.5. The minimum atomic E-state index is -1.90. The molecule has 32 nitrogen and oxygen atoms in total. The van der Waals surface area contributed by atoms with Gasteiger partial charge in [0.25, 0.3) is 0 Å². The van der Waals surface area contributed by atoms with Crippen molar-refractivity contribution in [2.45, 2.75) is 124 Å². The molecule has 1 heterocycles. The van der Waals surface area contributed by atoms with Gasteiger partial charge in [-0.3, -0.25) is 33.7 Å². The Morgan fingerprint density at radius 3 is 1.19 bits per heavy atom. The molecule has 378 valence electrons. The first kappa shape index (κ1) is 79.4. The molecule has 0 spiro atoms. The molecule has 1 saturated heterocycles. The molecule has 3 N–H and O–H groups in total. The molecule has 68 heavy (non-hydrogen) atoms. The molecule has 1 aliphatic heterocycles. The molecule has 0 bridgehead atoms. The van der Waals surface area contributed by atoms with Crippen molar-refractivity contribution < 1.29 is 97.7 Å². The van der Waals surface area contributed by atoms with Crippen LogP contribution in [0.5, 0.6) is 0 Å². The van der Waals surface area contributed by atoms with Gasteiger partial charge in [-0.15, -0.1) is 0 Å². The van der Waals surface area contributed by atoms with E-state index >= 15 is 0 Å². The zero-order chi connectivity index (χ0) is 53.0. The van der Waals surface area contributed by atoms with E-state index in [2.05, 4.69) is 85.3 Å². The topological polar surface area (TPSA) is 526 Å². The quantitative estimate of drug-likeness (QED) is 0.00739. The normalized spacial score (nSPS) is 9.72. The van der Waals surface area contributed by atoms with E-state index in [0.717, 1.165) is 11.8 Å². The van der Waals surface area contributed by atoms with Crippen LogP contribution in [0.3, 0.4) is 0 Å². The number of ether oxygens (including phenoxy) is 2. The van der Waals surface area contributed by atoms with Gasteiger partial charge in [-0.2, -0.15) is 9.78 Å². The average Bonchev–Trinajstić information content (AvgIpc) is 3.99. The van der Waals surface area contributed by atoms with Crippen LogP contribution in [0.2, 0.25) is 0 Å². The Morgan fingerprint density at radius 2 is 0.926 bits per heavy atom. The van der Waals surface area contributed by atoms with Crippen molar-refractivity contribution in [1.82, 2.24) is 0 Å². The summed E-state index contributed by atoms with van der Waals surface area (Å²) in [5.74, 6) is -2.41. The number of hydrogen-bond donors (Lipinski definition) is 3. The van der Waals surface area contributed by atoms with Gasteiger partial charge < -0.3 is 40.7 Å². The fourth-order valence-electron chi connectivity index (χ4n) is 2.81. The summed E-state index contributed by atoms with van der Waals surface area (Å²) >= 11 is 3.22. The summed E-state index contributed by atoms with van der Waals surface area (Å²) in [5, 5.41) is 41.6. The van der Waals surface area contributed by atoms with Gasteiger partial charge in [-0.25, -0.2) is 0 Å². The number of aldehydes is 1. The van der Waals surface area contributed by atoms with E-state index in [-0.39, 0.29) is 98.2 Å². The number of aliphatic hydroxyl groups is 2. The number of carbonyl (C=O) groups excluding carboxylic acids is 6. The van der Waals surface area contributed by atoms with E-state index in [9.17, 15) is 33.6 Å². The number of aliphatic hydroxyl groups excluding tert-OH is 1. The predicted molar refractivity (Wildman–Crippen MR) is 241 cm³/mol. The van der Waals surface area contributed by atoms with E-state index in [1.807, 2.05) is 20.8 Å². The Bertz CT molecular complexity index is 1600. The molecule has 0 aromatic rings. The van der Waals surface area contributed by atoms with Crippen LogP contribution < -0.4 is 29.6 Å². The van der Waals surface area contributed by atoms with Crippen molar-refractivity contribution in [3.05, 3.63) is 68.2 Å². The molecule has 0 aromatic carbocycles. The number of rotatable bonds is 27. The van der Waals surface area contributed by atoms with Gasteiger partial charge in [0.05, 0.1) is 13.2 Å². The molecular weight excluding hydrogens is 987 g/mol. The molecule has 0 aliphatic carbocycles. The average molecular weight is 1050 g/mol. The van der Waals surface area contributed by atoms with Gasteiger partial charge in [0, 0.05) is 101 Å². The van der Waals surface area contributed by atoms with Gasteiger partial charge >= 0.3 is 47.5 Å². The largest absolute Gasteiger partial charge is 1.00 e. The molecule has 0 aromatic heterocycles. The zero-order valence-electron chi connectivity index (χ0n) is 39.1. The van der Waals surface area contributed by atoms with Crippen molar-refractivity contribution in [3.8, 4) is 0 Å². The van der Waals surface area contributed by atoms with E-state index < -0.39 is 23.8 Å². The fraction of sp³-hybridized carbons (Fsp3) is 0.794. The van der Waals surface area contributed by atoms with Crippen LogP contribution in [0.25, 0.3) is 68.2 Å². The first-order chi connectivity index (χ1) is 31.8. The second kappa shape index (κ2) is 67.9. The number of nitrogens with zero attached hydrogens (tertiary/aromatic N) is 18. The molecule has 0 radical (unpaired) electrons. The number of hydrogen-bond acceptors (Lipinski definition) is 18. The Balaban J connectivity index is -0.000000102. The monoisotopic (exact) mass is 1050 g/mol. The third-order valence-corrected chi connectivity index (χ3v) is 6.28. The standard InChI is InChI=1S/C6H11BrO2.C6H11N3O2.C5H9N3O3.C5H7N3O2.C5H9N3O.C4H7N3O2.C3H6O2.N3.Na/c1-2-9-6(8)4-3-5-7;1-2-11-6(10)4-3-5-8-9-7;6-8-7-3-1-2-4(9)5(10)11;6-8-7-3-1-2-5(10)4-9;1-5(9)3-2-4-7-8-6;5-7-6-3-1-2-4(8)9;1-3(2)4-5-3;1-3-2;/h2-5H2,1H3;2-5H2,1H3;5,10-11H,1-3H2;4H,1-3H2;2-4H2,1H3;1-3H2,(H,8,9);1-2H3;;/q;;;;;;;-1;+1. The molecule has 1 fully saturated rings. The third-order valence-electron chi connectivity index (χ3n) is 5.71. The third kappa shape index (κ3) is 103. The number of carbonyl (C=O) groups is 7. The van der Waals surface area contributed by atoms with Crippen molar-refractivity contribution in [3.63, 3.8) is 0 Å². The number of esters is 2. The maximum Gasteiger partial charge on any atom is 1.00 e. The number of carboxylic acid groups (broad SMARTS) is 1. The van der Waals surface area contributed by atoms with Crippen LogP contribution >= 0.6 is 15.9 Å². The number of carboxylic acids is 1. The van der Waals surface area contributed by atoms with Crippen molar-refractivity contribution in [2.75, 3.05) is 51.3 Å². The van der Waals surface area contributed by atoms with Crippen molar-refractivity contribution in [2.24, 2.45) is 25.6 Å². The number of alkyl halides is 1. The van der Waals surface area contributed by atoms with Gasteiger partial charge in [0.15, 0.2) is 17.9 Å². The molecule has 0 atom stereocenters. The van der Waals surface area contributed by atoms with Gasteiger partial charge in [-0.05, 0) is 101 Å². The van der Waals surface area contributed by atoms with Crippen LogP contribution in [0.1, 0.15) is 112 Å². The summed E-state index contributed by atoms with van der Waals surface area (Å²) in [6, 6.07) is 0. The Hall–Kier alpha value is -5.73. The Morgan fingerprint density at radius 1 is 0.618 bits per heavy atom. The number of ketones is 3. The number of Topliss-reactive ketones (excluding diaryl/α,β-unsaturated/α-hetero) is 3. The van der Waals surface area contributed by atoms with Gasteiger partial charge in [0.2, 0.25) is 12.1 Å². The van der Waals surface area contributed by atoms with Crippen molar-refractivity contribution in [1.29, 1.82) is 0 Å². The van der Waals surface area contributed by atoms with Gasteiger partial charge in [-0.1, -0.05) is 41.5 Å². The molecule has 1 aliphatic rings. The second-order valence-corrected chi connectivity index (χ2v) is 12.7. The van der Waals surface area contributed by atoms with E-state index in [1.54, 1.807) is 6.92 Å². The van der Waals surface area contributed by atoms with Crippen LogP contribution in [-0.4, -0.2) is 120 Å². The van der Waals surface area contributed by atoms with Crippen LogP contribution in [0.15, 0.2) is 25.6 Å². The minimum absolute atomic E-state index is 0. The summed E-state index contributed by atoms with van der Waals surface area (Å²) in [6.45, 7) is 11.2. The molecule has 0 saturated carbocycles. The molecular formula is C34H60BrN18NaO14. The van der Waals surface area contributed by atoms with E-state index in [1.165, 1.54) is 11.8 Å². The van der Waals surface area contributed by atoms with Crippen LogP contribution in [0.4, 0.5) is 0 Å². The number of azide groups is 5. The first-order valence-corrected chi connectivity index (χ1v) is 20.7. The first-order valence-electron chi connectivity index (χ1n) is 19.6. The molecule has 0 amide bonds. The molecule has 0 unspecified atom stereocenters. The minimum Gasteiger partial charge on any atom is -0.481 e. The van der Waals surface area contributed by atoms with Crippen LogP contribution in [-0.2, 0) is 52.8 Å². The molecule has 1 rings (SSSR count). The molecule has 34 heteroatoms. The Kier molecular flexibility index (Phi) is 79.2. The maximum absolute atomic E-state index is 10.6. The van der Waals surface area contributed by atoms with Crippen molar-refractivity contribution >= 4 is 57.5 Å². The predicted octanol–water partition coefficient (Wildman–Crippen LogP) is 5.55. The summed E-state index contributed by atoms with van der Waals surface area (Å²) in [7, 11) is 0. The van der Waals surface area contributed by atoms with E-state index in [0.29, 0.717) is 77.7 Å². The smallest absolute Gasteiger partial charge is 0.481 e. The maximum atomic E-state index is 10.6. The number of aliphatic carboxylic acids is 1. The van der Waals surface area contributed by atoms with E-state index in [4.69, 9.17) is 54.0 Å². The fourth-order valence-corrected chi connectivity index (χ4v) is 3.09. The summed E-state index contributed by atoms with van der Waals surface area (Å²) in [4.78, 5) is 94.6. The zero-order valence-corrected chi connectivity index (χ0v) is 42.6. The summed E-state index contributed by atoms with van der Waals surface area (Å²) < 4.78 is 9.33. The van der Waals surface area contributed by atoms with Crippen LogP contribution in [0, 0.1) is 0 Å². The number of halogens is 1. The second-order valence-electron chi connectivity index (χ2n) is 11.9. The van der Waals surface area contributed by atoms with Gasteiger partial charge in [0.1, 0.15) is 5.78 Å². The SMILES string of the molecule is CC(=O)CCCN=[N+]=[N-].CC1(C)OO1.CCOC(=O)CCCBr.CCOC(=O)CCCN=[N+]=[N-].[N-]=[N+]=NCCCC(=O)C(O)O.[N-]=[N+]=NCCCC(=O)C=O.[N-]=[N+]=NCCCC(=O)O.[N-]=[N+]=[N-].[Na+]. The summed E-state index contributed by atoms with van der Waals surface area (Å²) in [6.07, 6.45) is 3.29.